The molecule has 1 aliphatic rings. The third-order valence-electron chi connectivity index (χ3n) is 5.30. The number of piperidine rings is 1. The van der Waals surface area contributed by atoms with Gasteiger partial charge in [0.2, 0.25) is 5.75 Å². The van der Waals surface area contributed by atoms with Gasteiger partial charge < -0.3 is 24.4 Å². The lowest BCUT2D eigenvalue weighted by Gasteiger charge is -2.34. The van der Waals surface area contributed by atoms with Crippen molar-refractivity contribution < 1.29 is 19.0 Å². The van der Waals surface area contributed by atoms with Gasteiger partial charge in [-0.05, 0) is 70.5 Å². The fourth-order valence-electron chi connectivity index (χ4n) is 4.26. The molecule has 1 aliphatic heterocycles. The van der Waals surface area contributed by atoms with E-state index < -0.39 is 0 Å². The number of amides is 1. The number of nitrogens with zero attached hydrogens (tertiary/aromatic N) is 1. The molecule has 2 atom stereocenters. The zero-order chi connectivity index (χ0) is 21.9. The Morgan fingerprint density at radius 2 is 1.53 bits per heavy atom. The summed E-state index contributed by atoms with van der Waals surface area (Å²) in [5.74, 6) is 3.11. The fraction of sp³-hybridized carbons (Fsp3) is 0.708. The van der Waals surface area contributed by atoms with Crippen molar-refractivity contribution in [2.45, 2.75) is 53.9 Å². The van der Waals surface area contributed by atoms with Crippen LogP contribution in [-0.4, -0.2) is 56.8 Å². The number of rotatable bonds is 12. The zero-order valence-corrected chi connectivity index (χ0v) is 19.5. The van der Waals surface area contributed by atoms with Crippen LogP contribution in [0.2, 0.25) is 0 Å². The third-order valence-corrected chi connectivity index (χ3v) is 5.30. The van der Waals surface area contributed by atoms with Gasteiger partial charge in [0.05, 0.1) is 19.8 Å². The molecule has 1 heterocycles. The maximum atomic E-state index is 12.7. The molecule has 1 aromatic rings. The lowest BCUT2D eigenvalue weighted by atomic mass is 9.92. The molecule has 1 fully saturated rings. The summed E-state index contributed by atoms with van der Waals surface area (Å²) in [4.78, 5) is 15.3. The lowest BCUT2D eigenvalue weighted by molar-refractivity contribution is 0.0950. The van der Waals surface area contributed by atoms with Crippen molar-refractivity contribution in [3.05, 3.63) is 17.7 Å². The summed E-state index contributed by atoms with van der Waals surface area (Å²) < 4.78 is 17.1. The van der Waals surface area contributed by atoms with E-state index in [4.69, 9.17) is 14.2 Å². The molecule has 6 heteroatoms. The van der Waals surface area contributed by atoms with Crippen LogP contribution in [0.5, 0.6) is 17.2 Å². The van der Waals surface area contributed by atoms with Gasteiger partial charge in [0.25, 0.3) is 5.91 Å². The quantitative estimate of drug-likeness (QED) is 0.509. The molecule has 1 aromatic carbocycles. The summed E-state index contributed by atoms with van der Waals surface area (Å²) in [6.07, 6.45) is 3.40. The minimum absolute atomic E-state index is 0.111. The van der Waals surface area contributed by atoms with Crippen LogP contribution in [0.4, 0.5) is 0 Å². The summed E-state index contributed by atoms with van der Waals surface area (Å²) in [5, 5.41) is 3.03. The number of benzene rings is 1. The van der Waals surface area contributed by atoms with E-state index in [1.807, 2.05) is 20.8 Å². The van der Waals surface area contributed by atoms with Crippen molar-refractivity contribution in [3.8, 4) is 17.2 Å². The van der Waals surface area contributed by atoms with Crippen molar-refractivity contribution in [2.75, 3.05) is 46.0 Å². The first-order valence-electron chi connectivity index (χ1n) is 11.5. The Morgan fingerprint density at radius 1 is 0.967 bits per heavy atom. The molecule has 0 aromatic heterocycles. The van der Waals surface area contributed by atoms with E-state index in [1.165, 1.54) is 19.5 Å². The molecule has 1 saturated heterocycles. The summed E-state index contributed by atoms with van der Waals surface area (Å²) in [6, 6.07) is 3.48. The van der Waals surface area contributed by atoms with E-state index in [2.05, 4.69) is 24.1 Å². The minimum Gasteiger partial charge on any atom is -0.490 e. The molecule has 2 unspecified atom stereocenters. The molecule has 0 bridgehead atoms. The molecule has 1 amide bonds. The van der Waals surface area contributed by atoms with Crippen molar-refractivity contribution in [2.24, 2.45) is 11.8 Å². The van der Waals surface area contributed by atoms with E-state index in [-0.39, 0.29) is 5.91 Å². The maximum absolute atomic E-state index is 12.7. The van der Waals surface area contributed by atoms with Gasteiger partial charge in [0, 0.05) is 25.2 Å². The van der Waals surface area contributed by atoms with E-state index >= 15 is 0 Å². The first kappa shape index (κ1) is 24.3. The first-order chi connectivity index (χ1) is 14.5. The Bertz CT molecular complexity index is 628. The van der Waals surface area contributed by atoms with Crippen LogP contribution in [0.25, 0.3) is 0 Å². The maximum Gasteiger partial charge on any atom is 0.251 e. The van der Waals surface area contributed by atoms with E-state index in [0.717, 1.165) is 31.2 Å². The van der Waals surface area contributed by atoms with Crippen molar-refractivity contribution in [3.63, 3.8) is 0 Å². The minimum atomic E-state index is -0.111. The SMILES string of the molecule is CCOc1cc(C(=O)NCCCCN2CC(C)CC(C)C2)cc(OCC)c1OCC. The molecule has 0 aliphatic carbocycles. The number of likely N-dealkylation sites (tertiary alicyclic amines) is 1. The Labute approximate surface area is 182 Å². The Kier molecular flexibility index (Phi) is 10.3. The van der Waals surface area contributed by atoms with Gasteiger partial charge in [-0.1, -0.05) is 13.8 Å². The van der Waals surface area contributed by atoms with E-state index in [1.54, 1.807) is 12.1 Å². The topological polar surface area (TPSA) is 60.0 Å². The van der Waals surface area contributed by atoms with E-state index in [0.29, 0.717) is 49.2 Å². The average molecular weight is 421 g/mol. The number of unbranched alkanes of at least 4 members (excludes halogenated alkanes) is 1. The molecule has 170 valence electrons. The molecule has 6 nitrogen and oxygen atoms in total. The summed E-state index contributed by atoms with van der Waals surface area (Å²) in [7, 11) is 0. The van der Waals surface area contributed by atoms with Crippen molar-refractivity contribution in [1.82, 2.24) is 10.2 Å². The molecular formula is C24H40N2O4. The number of hydrogen-bond acceptors (Lipinski definition) is 5. The third kappa shape index (κ3) is 7.38. The highest BCUT2D eigenvalue weighted by atomic mass is 16.5. The molecule has 0 spiro atoms. The molecule has 1 N–H and O–H groups in total. The van der Waals surface area contributed by atoms with Gasteiger partial charge in [0.15, 0.2) is 11.5 Å². The van der Waals surface area contributed by atoms with Crippen molar-refractivity contribution in [1.29, 1.82) is 0 Å². The Balaban J connectivity index is 1.89. The van der Waals surface area contributed by atoms with Gasteiger partial charge >= 0.3 is 0 Å². The van der Waals surface area contributed by atoms with Gasteiger partial charge in [-0.25, -0.2) is 0 Å². The van der Waals surface area contributed by atoms with Crippen LogP contribution in [0.15, 0.2) is 12.1 Å². The second kappa shape index (κ2) is 12.7. The van der Waals surface area contributed by atoms with Crippen molar-refractivity contribution >= 4 is 5.91 Å². The van der Waals surface area contributed by atoms with Crippen LogP contribution < -0.4 is 19.5 Å². The van der Waals surface area contributed by atoms with Gasteiger partial charge in [-0.3, -0.25) is 4.79 Å². The number of ether oxygens (including phenoxy) is 3. The fourth-order valence-corrected chi connectivity index (χ4v) is 4.26. The molecule has 2 rings (SSSR count). The van der Waals surface area contributed by atoms with Crippen LogP contribution in [-0.2, 0) is 0 Å². The Hall–Kier alpha value is -1.95. The van der Waals surface area contributed by atoms with Gasteiger partial charge in [0.1, 0.15) is 0 Å². The number of carbonyl (C=O) groups excluding carboxylic acids is 1. The highest BCUT2D eigenvalue weighted by Crippen LogP contribution is 2.39. The number of hydrogen-bond donors (Lipinski definition) is 1. The predicted octanol–water partition coefficient (Wildman–Crippen LogP) is 4.37. The summed E-state index contributed by atoms with van der Waals surface area (Å²) >= 11 is 0. The van der Waals surface area contributed by atoms with E-state index in [9.17, 15) is 4.79 Å². The van der Waals surface area contributed by atoms with Crippen LogP contribution in [0.3, 0.4) is 0 Å². The molecule has 30 heavy (non-hydrogen) atoms. The molecule has 0 radical (unpaired) electrons. The largest absolute Gasteiger partial charge is 0.490 e. The smallest absolute Gasteiger partial charge is 0.251 e. The standard InChI is InChI=1S/C24H40N2O4/c1-6-28-21-14-20(15-22(29-7-2)23(21)30-8-3)24(27)25-11-9-10-12-26-16-18(4)13-19(5)17-26/h14-15,18-19H,6-13,16-17H2,1-5H3,(H,25,27). The number of carbonyl (C=O) groups is 1. The highest BCUT2D eigenvalue weighted by Gasteiger charge is 2.21. The van der Waals surface area contributed by atoms with Gasteiger partial charge in [-0.2, -0.15) is 0 Å². The molecule has 0 saturated carbocycles. The normalized spacial score (nSPS) is 19.4. The number of nitrogens with one attached hydrogen (secondary N) is 1. The first-order valence-corrected chi connectivity index (χ1v) is 11.5. The second-order valence-electron chi connectivity index (χ2n) is 8.27. The summed E-state index contributed by atoms with van der Waals surface area (Å²) in [5.41, 5.74) is 0.532. The van der Waals surface area contributed by atoms with Crippen LogP contribution >= 0.6 is 0 Å². The van der Waals surface area contributed by atoms with Crippen LogP contribution in [0.1, 0.15) is 64.2 Å². The monoisotopic (exact) mass is 420 g/mol. The predicted molar refractivity (Wildman–Crippen MR) is 121 cm³/mol. The average Bonchev–Trinajstić information content (AvgIpc) is 2.69. The van der Waals surface area contributed by atoms with Gasteiger partial charge in [-0.15, -0.1) is 0 Å². The molecular weight excluding hydrogens is 380 g/mol. The van der Waals surface area contributed by atoms with Crippen LogP contribution in [0, 0.1) is 11.8 Å². The summed E-state index contributed by atoms with van der Waals surface area (Å²) in [6.45, 7) is 16.1. The Morgan fingerprint density at radius 3 is 2.07 bits per heavy atom. The lowest BCUT2D eigenvalue weighted by Crippen LogP contribution is -2.39. The highest BCUT2D eigenvalue weighted by molar-refractivity contribution is 5.95. The second-order valence-corrected chi connectivity index (χ2v) is 8.27. The zero-order valence-electron chi connectivity index (χ0n) is 19.5.